The second-order valence-corrected chi connectivity index (χ2v) is 7.38. The van der Waals surface area contributed by atoms with Crippen LogP contribution in [0.4, 0.5) is 0 Å². The molecule has 0 fully saturated rings. The number of hydrogen-bond acceptors (Lipinski definition) is 5. The highest BCUT2D eigenvalue weighted by Crippen LogP contribution is 2.13. The Labute approximate surface area is 169 Å². The van der Waals surface area contributed by atoms with E-state index in [0.29, 0.717) is 13.1 Å². The predicted octanol–water partition coefficient (Wildman–Crippen LogP) is 2.67. The Morgan fingerprint density at radius 3 is 2.82 bits per heavy atom. The quantitative estimate of drug-likeness (QED) is 0.451. The van der Waals surface area contributed by atoms with Crippen molar-refractivity contribution in [2.24, 2.45) is 12.0 Å². The molecule has 0 atom stereocenters. The maximum Gasteiger partial charge on any atom is 0.191 e. The van der Waals surface area contributed by atoms with E-state index in [-0.39, 0.29) is 0 Å². The first-order chi connectivity index (χ1) is 13.7. The molecule has 0 saturated carbocycles. The van der Waals surface area contributed by atoms with Gasteiger partial charge >= 0.3 is 0 Å². The molecule has 148 valence electrons. The van der Waals surface area contributed by atoms with Crippen LogP contribution in [0.2, 0.25) is 0 Å². The molecular formula is C20H26N6OS. The van der Waals surface area contributed by atoms with Gasteiger partial charge in [-0.05, 0) is 42.5 Å². The number of hydrogen-bond donors (Lipinski definition) is 2. The molecule has 2 N–H and O–H groups in total. The summed E-state index contributed by atoms with van der Waals surface area (Å²) in [7, 11) is 3.63. The van der Waals surface area contributed by atoms with Crippen LogP contribution in [0.1, 0.15) is 22.1 Å². The number of benzene rings is 1. The van der Waals surface area contributed by atoms with Crippen LogP contribution in [0.25, 0.3) is 0 Å². The third-order valence-electron chi connectivity index (χ3n) is 4.39. The lowest BCUT2D eigenvalue weighted by Gasteiger charge is -2.12. The van der Waals surface area contributed by atoms with Crippen molar-refractivity contribution >= 4 is 17.3 Å². The second kappa shape index (κ2) is 9.89. The summed E-state index contributed by atoms with van der Waals surface area (Å²) in [6.45, 7) is 3.86. The summed E-state index contributed by atoms with van der Waals surface area (Å²) >= 11 is 1.77. The third kappa shape index (κ3) is 5.56. The lowest BCUT2D eigenvalue weighted by Crippen LogP contribution is -2.38. The van der Waals surface area contributed by atoms with Crippen molar-refractivity contribution in [2.75, 3.05) is 13.7 Å². The number of aliphatic imine (C=N–C) groups is 1. The number of aromatic nitrogens is 3. The van der Waals surface area contributed by atoms with E-state index < -0.39 is 0 Å². The highest BCUT2D eigenvalue weighted by atomic mass is 32.1. The third-order valence-corrected chi connectivity index (χ3v) is 5.33. The molecule has 0 saturated heterocycles. The normalized spacial score (nSPS) is 11.5. The number of thiophene rings is 1. The molecule has 2 heterocycles. The first-order valence-corrected chi connectivity index (χ1v) is 10.1. The number of nitrogens with one attached hydrogen (secondary N) is 2. The largest absolute Gasteiger partial charge is 0.497 e. The Morgan fingerprint density at radius 2 is 2.11 bits per heavy atom. The molecule has 0 radical (unpaired) electrons. The lowest BCUT2D eigenvalue weighted by atomic mass is 10.2. The van der Waals surface area contributed by atoms with Crippen molar-refractivity contribution in [3.8, 4) is 5.75 Å². The van der Waals surface area contributed by atoms with E-state index in [4.69, 9.17) is 9.73 Å². The van der Waals surface area contributed by atoms with E-state index in [1.165, 1.54) is 4.88 Å². The lowest BCUT2D eigenvalue weighted by molar-refractivity contribution is 0.414. The zero-order valence-corrected chi connectivity index (χ0v) is 17.3. The van der Waals surface area contributed by atoms with E-state index >= 15 is 0 Å². The Balaban J connectivity index is 1.64. The average molecular weight is 399 g/mol. The fraction of sp³-hybridized carbons (Fsp3) is 0.350. The number of aryl methyl sites for hydroxylation is 1. The van der Waals surface area contributed by atoms with Crippen LogP contribution in [-0.2, 0) is 26.6 Å². The summed E-state index contributed by atoms with van der Waals surface area (Å²) < 4.78 is 7.26. The van der Waals surface area contributed by atoms with Gasteiger partial charge < -0.3 is 19.9 Å². The number of ether oxygens (including phenoxy) is 1. The summed E-state index contributed by atoms with van der Waals surface area (Å²) in [5.74, 6) is 3.34. The van der Waals surface area contributed by atoms with Gasteiger partial charge in [0.25, 0.3) is 0 Å². The van der Waals surface area contributed by atoms with Crippen LogP contribution in [-0.4, -0.2) is 34.4 Å². The molecule has 1 aromatic carbocycles. The molecule has 0 aliphatic carbocycles. The fourth-order valence-corrected chi connectivity index (χ4v) is 3.35. The van der Waals surface area contributed by atoms with Gasteiger partial charge in [0, 0.05) is 18.5 Å². The van der Waals surface area contributed by atoms with Gasteiger partial charge in [-0.2, -0.15) is 0 Å². The Morgan fingerprint density at radius 1 is 1.21 bits per heavy atom. The number of nitrogens with zero attached hydrogens (tertiary/aromatic N) is 4. The highest BCUT2D eigenvalue weighted by molar-refractivity contribution is 7.09. The van der Waals surface area contributed by atoms with Crippen molar-refractivity contribution in [3.63, 3.8) is 0 Å². The first kappa shape index (κ1) is 19.9. The molecule has 0 unspecified atom stereocenters. The molecule has 0 aliphatic rings. The van der Waals surface area contributed by atoms with Crippen molar-refractivity contribution < 1.29 is 4.74 Å². The van der Waals surface area contributed by atoms with Gasteiger partial charge in [0.1, 0.15) is 11.6 Å². The summed E-state index contributed by atoms with van der Waals surface area (Å²) in [6, 6.07) is 12.2. The van der Waals surface area contributed by atoms with Gasteiger partial charge in [-0.25, -0.2) is 4.99 Å². The maximum atomic E-state index is 5.29. The smallest absolute Gasteiger partial charge is 0.191 e. The fourth-order valence-electron chi connectivity index (χ4n) is 2.64. The molecule has 0 bridgehead atoms. The topological polar surface area (TPSA) is 76.4 Å². The maximum absolute atomic E-state index is 5.29. The zero-order valence-electron chi connectivity index (χ0n) is 16.5. The summed E-state index contributed by atoms with van der Waals surface area (Å²) in [5.41, 5.74) is 1.09. The number of rotatable bonds is 8. The Hall–Kier alpha value is -2.87. The van der Waals surface area contributed by atoms with Gasteiger partial charge in [0.15, 0.2) is 11.8 Å². The van der Waals surface area contributed by atoms with E-state index in [9.17, 15) is 0 Å². The van der Waals surface area contributed by atoms with Gasteiger partial charge in [0.05, 0.1) is 20.2 Å². The molecule has 3 rings (SSSR count). The van der Waals surface area contributed by atoms with Crippen molar-refractivity contribution in [2.45, 2.75) is 26.4 Å². The minimum atomic E-state index is 0.556. The van der Waals surface area contributed by atoms with Crippen LogP contribution in [0, 0.1) is 6.92 Å². The van der Waals surface area contributed by atoms with Gasteiger partial charge in [-0.15, -0.1) is 21.5 Å². The van der Waals surface area contributed by atoms with Gasteiger partial charge in [-0.1, -0.05) is 18.2 Å². The monoisotopic (exact) mass is 398 g/mol. The zero-order chi connectivity index (χ0) is 19.8. The molecule has 3 aromatic rings. The second-order valence-electron chi connectivity index (χ2n) is 6.35. The number of methoxy groups -OCH3 is 1. The Bertz CT molecular complexity index is 903. The standard InChI is InChI=1S/C20H26N6OS/c1-15-24-25-19(26(15)2)14-23-20(21-10-9-18-8-5-11-28-18)22-13-16-6-4-7-17(12-16)27-3/h4-8,11-12H,9-10,13-14H2,1-3H3,(H2,21,22,23). The highest BCUT2D eigenvalue weighted by Gasteiger charge is 2.07. The van der Waals surface area contributed by atoms with Crippen LogP contribution in [0.5, 0.6) is 5.75 Å². The van der Waals surface area contributed by atoms with Crippen LogP contribution < -0.4 is 15.4 Å². The molecular weight excluding hydrogens is 372 g/mol. The van der Waals surface area contributed by atoms with Crippen molar-refractivity contribution in [3.05, 3.63) is 63.9 Å². The minimum Gasteiger partial charge on any atom is -0.497 e. The SMILES string of the molecule is COc1cccc(CN=C(NCCc2cccs2)NCc2nnc(C)n2C)c1. The van der Waals surface area contributed by atoms with Crippen LogP contribution in [0.3, 0.4) is 0 Å². The van der Waals surface area contributed by atoms with E-state index in [1.807, 2.05) is 42.8 Å². The molecule has 0 amide bonds. The van der Waals surface area contributed by atoms with Crippen molar-refractivity contribution in [1.29, 1.82) is 0 Å². The molecule has 2 aromatic heterocycles. The minimum absolute atomic E-state index is 0.556. The summed E-state index contributed by atoms with van der Waals surface area (Å²) in [4.78, 5) is 6.08. The van der Waals surface area contributed by atoms with Crippen LogP contribution in [0.15, 0.2) is 46.8 Å². The van der Waals surface area contributed by atoms with Crippen LogP contribution >= 0.6 is 11.3 Å². The number of guanidine groups is 1. The van der Waals surface area contributed by atoms with Gasteiger partial charge in [0.2, 0.25) is 0 Å². The van der Waals surface area contributed by atoms with E-state index in [1.54, 1.807) is 18.4 Å². The molecule has 0 spiro atoms. The molecule has 8 heteroatoms. The first-order valence-electron chi connectivity index (χ1n) is 9.18. The summed E-state index contributed by atoms with van der Waals surface area (Å²) in [5, 5.41) is 17.2. The van der Waals surface area contributed by atoms with Gasteiger partial charge in [-0.3, -0.25) is 0 Å². The molecule has 28 heavy (non-hydrogen) atoms. The Kier molecular flexibility index (Phi) is 7.02. The van der Waals surface area contributed by atoms with E-state index in [0.717, 1.165) is 41.9 Å². The molecule has 7 nitrogen and oxygen atoms in total. The van der Waals surface area contributed by atoms with Crippen molar-refractivity contribution in [1.82, 2.24) is 25.4 Å². The van der Waals surface area contributed by atoms with E-state index in [2.05, 4.69) is 38.3 Å². The average Bonchev–Trinajstić information content (AvgIpc) is 3.34. The summed E-state index contributed by atoms with van der Waals surface area (Å²) in [6.07, 6.45) is 0.959. The predicted molar refractivity (Wildman–Crippen MR) is 113 cm³/mol. The molecule has 0 aliphatic heterocycles.